The van der Waals surface area contributed by atoms with Crippen LogP contribution < -0.4 is 35.3 Å². The van der Waals surface area contributed by atoms with E-state index in [9.17, 15) is 19.2 Å². The van der Waals surface area contributed by atoms with Gasteiger partial charge in [-0.25, -0.2) is 0 Å². The summed E-state index contributed by atoms with van der Waals surface area (Å²) >= 11 is 10.4. The van der Waals surface area contributed by atoms with E-state index in [4.69, 9.17) is 47.9 Å². The highest BCUT2D eigenvalue weighted by atomic mass is 35.5. The molecule has 0 bridgehead atoms. The Bertz CT molecular complexity index is 1670. The van der Waals surface area contributed by atoms with Gasteiger partial charge in [0, 0.05) is 13.1 Å². The van der Waals surface area contributed by atoms with Crippen molar-refractivity contribution in [2.75, 3.05) is 46.1 Å². The van der Waals surface area contributed by atoms with E-state index in [1.54, 1.807) is 24.3 Å². The number of likely N-dealkylation sites (N-methyl/N-ethyl adjacent to an activating group) is 2. The van der Waals surface area contributed by atoms with Crippen LogP contribution in [0.2, 0.25) is 0 Å². The molecule has 0 atom stereocenters. The predicted octanol–water partition coefficient (Wildman–Crippen LogP) is 8.27. The van der Waals surface area contributed by atoms with Gasteiger partial charge in [-0.3, -0.25) is 19.2 Å². The Hall–Kier alpha value is -5.62. The minimum Gasteiger partial charge on any atom is -0.484 e. The molecule has 0 saturated carbocycles. The SMILES string of the molecule is C.C.CCN.CCNC(=O)COc1ccc(/C=C/c2ccc(OCC(=O)NCC)cc2)cc1.O=C(Cl)COc1ccc(/C=C/c2ccc(OCC(=O)Cl)cc2)cc1. The zero-order valence-corrected chi connectivity index (χ0v) is 32.6. The molecule has 308 valence electrons. The van der Waals surface area contributed by atoms with Crippen molar-refractivity contribution in [3.8, 4) is 23.0 Å². The van der Waals surface area contributed by atoms with Crippen molar-refractivity contribution in [1.29, 1.82) is 0 Å². The second kappa shape index (κ2) is 30.6. The first kappa shape index (κ1) is 51.4. The van der Waals surface area contributed by atoms with E-state index >= 15 is 0 Å². The standard InChI is InChI=1S/C22H26N2O4.C18H14Cl2O4.C2H7N.2CH4/c1-3-23-21(25)15-27-19-11-7-17(8-12-19)5-6-18-9-13-20(14-10-18)28-16-22(26)24-4-2;19-17(21)11-23-15-7-3-13(4-8-15)1-2-14-5-9-16(10-6-14)24-12-18(20)22;1-2-3;;/h5-14H,3-4,15-16H2,1-2H3,(H,23,25)(H,24,26);1-10H,11-12H2;2-3H2,1H3;2*1H4/b6-5+;2-1+;;;. The van der Waals surface area contributed by atoms with E-state index in [-0.39, 0.29) is 53.1 Å². The largest absolute Gasteiger partial charge is 0.484 e. The summed E-state index contributed by atoms with van der Waals surface area (Å²) in [6, 6.07) is 29.5. The molecule has 4 N–H and O–H groups in total. The van der Waals surface area contributed by atoms with Crippen molar-refractivity contribution in [2.24, 2.45) is 5.73 Å². The lowest BCUT2D eigenvalue weighted by Crippen LogP contribution is -2.28. The second-order valence-electron chi connectivity index (χ2n) is 11.1. The Labute approximate surface area is 347 Å². The van der Waals surface area contributed by atoms with Gasteiger partial charge in [-0.1, -0.05) is 94.6 Å². The monoisotopic (exact) mass is 823 g/mol. The lowest BCUT2D eigenvalue weighted by Gasteiger charge is -2.06. The van der Waals surface area contributed by atoms with Crippen LogP contribution in [0.3, 0.4) is 0 Å². The van der Waals surface area contributed by atoms with Gasteiger partial charge in [-0.15, -0.1) is 0 Å². The minimum absolute atomic E-state index is 0. The Morgan fingerprint density at radius 1 is 0.474 bits per heavy atom. The normalized spacial score (nSPS) is 9.93. The van der Waals surface area contributed by atoms with Gasteiger partial charge in [0.1, 0.15) is 23.0 Å². The van der Waals surface area contributed by atoms with Crippen LogP contribution in [-0.2, 0) is 19.2 Å². The van der Waals surface area contributed by atoms with E-state index in [1.165, 1.54) is 0 Å². The fourth-order valence-electron chi connectivity index (χ4n) is 4.16. The average molecular weight is 825 g/mol. The van der Waals surface area contributed by atoms with Crippen LogP contribution in [0.4, 0.5) is 0 Å². The number of ether oxygens (including phenoxy) is 4. The first-order chi connectivity index (χ1) is 26.5. The van der Waals surface area contributed by atoms with Crippen LogP contribution in [0.25, 0.3) is 24.3 Å². The van der Waals surface area contributed by atoms with Gasteiger partial charge in [-0.05, 0) is 114 Å². The van der Waals surface area contributed by atoms with E-state index < -0.39 is 10.5 Å². The molecular formula is C44H55Cl2N3O8. The first-order valence-electron chi connectivity index (χ1n) is 17.4. The number of carbonyl (C=O) groups excluding carboxylic acids is 4. The molecule has 4 aromatic carbocycles. The smallest absolute Gasteiger partial charge is 0.259 e. The molecule has 0 aliphatic rings. The van der Waals surface area contributed by atoms with Gasteiger partial charge in [0.15, 0.2) is 26.4 Å². The summed E-state index contributed by atoms with van der Waals surface area (Å²) in [4.78, 5) is 44.1. The molecule has 0 aliphatic carbocycles. The summed E-state index contributed by atoms with van der Waals surface area (Å²) in [5.74, 6) is 2.19. The lowest BCUT2D eigenvalue weighted by molar-refractivity contribution is -0.123. The fraction of sp³-hybridized carbons (Fsp3) is 0.273. The van der Waals surface area contributed by atoms with E-state index in [1.807, 2.05) is 118 Å². The number of halogens is 2. The van der Waals surface area contributed by atoms with Crippen LogP contribution >= 0.6 is 23.2 Å². The number of carbonyl (C=O) groups is 4. The number of hydrogen-bond acceptors (Lipinski definition) is 9. The highest BCUT2D eigenvalue weighted by molar-refractivity contribution is 6.64. The molecule has 0 unspecified atom stereocenters. The summed E-state index contributed by atoms with van der Waals surface area (Å²) < 4.78 is 21.2. The fourth-order valence-corrected chi connectivity index (χ4v) is 4.27. The minimum atomic E-state index is -0.540. The number of amides is 2. The molecule has 57 heavy (non-hydrogen) atoms. The summed E-state index contributed by atoms with van der Waals surface area (Å²) in [6.45, 7) is 7.29. The average Bonchev–Trinajstić information content (AvgIpc) is 3.18. The van der Waals surface area contributed by atoms with Gasteiger partial charge in [0.05, 0.1) is 0 Å². The number of rotatable bonds is 18. The van der Waals surface area contributed by atoms with Crippen molar-refractivity contribution in [1.82, 2.24) is 10.6 Å². The lowest BCUT2D eigenvalue weighted by atomic mass is 10.1. The predicted molar refractivity (Wildman–Crippen MR) is 233 cm³/mol. The maximum absolute atomic E-state index is 11.4. The van der Waals surface area contributed by atoms with Crippen molar-refractivity contribution in [3.63, 3.8) is 0 Å². The first-order valence-corrected chi connectivity index (χ1v) is 18.2. The number of benzene rings is 4. The van der Waals surface area contributed by atoms with Crippen LogP contribution in [0, 0.1) is 0 Å². The molecule has 2 amide bonds. The van der Waals surface area contributed by atoms with Gasteiger partial charge in [0.2, 0.25) is 0 Å². The van der Waals surface area contributed by atoms with E-state index in [2.05, 4.69) is 10.6 Å². The third-order valence-corrected chi connectivity index (χ3v) is 6.87. The zero-order valence-electron chi connectivity index (χ0n) is 31.1. The van der Waals surface area contributed by atoms with Gasteiger partial charge in [-0.2, -0.15) is 0 Å². The molecule has 0 fully saturated rings. The third-order valence-electron chi connectivity index (χ3n) is 6.65. The molecule has 0 radical (unpaired) electrons. The molecular weight excluding hydrogens is 769 g/mol. The summed E-state index contributed by atoms with van der Waals surface area (Å²) in [5, 5.41) is 4.29. The van der Waals surface area contributed by atoms with Crippen LogP contribution in [-0.4, -0.2) is 68.4 Å². The molecule has 4 aromatic rings. The topological polar surface area (TPSA) is 155 Å². The molecule has 0 heterocycles. The van der Waals surface area contributed by atoms with Gasteiger partial charge in [0.25, 0.3) is 22.3 Å². The summed E-state index contributed by atoms with van der Waals surface area (Å²) in [7, 11) is 0. The molecule has 11 nitrogen and oxygen atoms in total. The summed E-state index contributed by atoms with van der Waals surface area (Å²) in [6.07, 6.45) is 7.85. The number of nitrogens with two attached hydrogens (primary N) is 1. The third kappa shape index (κ3) is 23.8. The molecule has 0 spiro atoms. The number of hydrogen-bond donors (Lipinski definition) is 3. The van der Waals surface area contributed by atoms with Crippen LogP contribution in [0.15, 0.2) is 97.1 Å². The second-order valence-corrected chi connectivity index (χ2v) is 12.0. The molecule has 0 aromatic heterocycles. The van der Waals surface area contributed by atoms with Crippen molar-refractivity contribution >= 4 is 69.8 Å². The van der Waals surface area contributed by atoms with Crippen molar-refractivity contribution in [3.05, 3.63) is 119 Å². The number of nitrogens with one attached hydrogen (secondary N) is 2. The van der Waals surface area contributed by atoms with Gasteiger partial charge < -0.3 is 35.3 Å². The van der Waals surface area contributed by atoms with Gasteiger partial charge >= 0.3 is 0 Å². The quantitative estimate of drug-likeness (QED) is 0.0664. The Morgan fingerprint density at radius 3 is 0.877 bits per heavy atom. The zero-order chi connectivity index (χ0) is 40.3. The molecule has 13 heteroatoms. The summed E-state index contributed by atoms with van der Waals surface area (Å²) in [5.41, 5.74) is 8.84. The maximum atomic E-state index is 11.4. The van der Waals surface area contributed by atoms with E-state index in [0.29, 0.717) is 36.1 Å². The molecule has 0 aliphatic heterocycles. The maximum Gasteiger partial charge on any atom is 0.259 e. The van der Waals surface area contributed by atoms with Crippen molar-refractivity contribution < 1.29 is 38.1 Å². The molecule has 0 saturated heterocycles. The molecule has 4 rings (SSSR count). The van der Waals surface area contributed by atoms with Crippen molar-refractivity contribution in [2.45, 2.75) is 35.6 Å². The highest BCUT2D eigenvalue weighted by Gasteiger charge is 2.03. The van der Waals surface area contributed by atoms with Crippen LogP contribution in [0.1, 0.15) is 57.9 Å². The Balaban J connectivity index is 0.00000100. The van der Waals surface area contributed by atoms with E-state index in [0.717, 1.165) is 28.8 Å². The highest BCUT2D eigenvalue weighted by Crippen LogP contribution is 2.18. The Morgan fingerprint density at radius 2 is 0.684 bits per heavy atom. The Kier molecular flexibility index (Phi) is 27.6. The van der Waals surface area contributed by atoms with Crippen LogP contribution in [0.5, 0.6) is 23.0 Å².